The van der Waals surface area contributed by atoms with Crippen LogP contribution >= 0.6 is 0 Å². The first-order valence-electron chi connectivity index (χ1n) is 6.07. The summed E-state index contributed by atoms with van der Waals surface area (Å²) in [5.74, 6) is -1.48. The van der Waals surface area contributed by atoms with Crippen LogP contribution in [0.5, 0.6) is 0 Å². The Hall–Kier alpha value is -1.77. The van der Waals surface area contributed by atoms with Gasteiger partial charge in [0.2, 0.25) is 11.9 Å². The van der Waals surface area contributed by atoms with Gasteiger partial charge in [-0.2, -0.15) is 13.8 Å². The third kappa shape index (κ3) is 3.13. The van der Waals surface area contributed by atoms with Gasteiger partial charge in [0.25, 0.3) is 0 Å². The molecule has 3 heteroatoms. The third-order valence-electron chi connectivity index (χ3n) is 3.01. The van der Waals surface area contributed by atoms with Crippen molar-refractivity contribution < 1.29 is 8.78 Å². The summed E-state index contributed by atoms with van der Waals surface area (Å²) in [6, 6.07) is 10.9. The van der Waals surface area contributed by atoms with Crippen LogP contribution in [-0.4, -0.2) is 4.98 Å². The van der Waals surface area contributed by atoms with E-state index >= 15 is 0 Å². The Morgan fingerprint density at radius 2 is 1.56 bits per heavy atom. The fourth-order valence-electron chi connectivity index (χ4n) is 1.85. The molecular weight excluding hydrogens is 232 g/mol. The van der Waals surface area contributed by atoms with E-state index in [0.717, 1.165) is 18.4 Å². The molecule has 0 radical (unpaired) electrons. The summed E-state index contributed by atoms with van der Waals surface area (Å²) in [6.45, 7) is 2.11. The molecule has 0 amide bonds. The minimum atomic E-state index is -0.774. The van der Waals surface area contributed by atoms with Gasteiger partial charge in [-0.1, -0.05) is 31.2 Å². The molecule has 0 aliphatic rings. The lowest BCUT2D eigenvalue weighted by Gasteiger charge is -2.04. The molecule has 1 aromatic heterocycles. The predicted octanol–water partition coefficient (Wildman–Crippen LogP) is 3.71. The highest BCUT2D eigenvalue weighted by Gasteiger charge is 2.05. The summed E-state index contributed by atoms with van der Waals surface area (Å²) in [6.07, 6.45) is 2.27. The molecular formula is C15H15F2N. The summed E-state index contributed by atoms with van der Waals surface area (Å²) >= 11 is 0. The van der Waals surface area contributed by atoms with E-state index in [0.29, 0.717) is 12.0 Å². The zero-order chi connectivity index (χ0) is 13.0. The first-order valence-corrected chi connectivity index (χ1v) is 6.07. The number of hydrogen-bond acceptors (Lipinski definition) is 1. The highest BCUT2D eigenvalue weighted by atomic mass is 19.1. The fourth-order valence-corrected chi connectivity index (χ4v) is 1.85. The smallest absolute Gasteiger partial charge is 0.190 e. The number of aryl methyl sites for hydroxylation is 3. The van der Waals surface area contributed by atoms with Crippen molar-refractivity contribution in [2.24, 2.45) is 0 Å². The molecule has 0 fully saturated rings. The Bertz CT molecular complexity index is 521. The molecule has 1 aromatic carbocycles. The molecule has 0 saturated carbocycles. The van der Waals surface area contributed by atoms with E-state index in [1.54, 1.807) is 0 Å². The predicted molar refractivity (Wildman–Crippen MR) is 67.4 cm³/mol. The zero-order valence-electron chi connectivity index (χ0n) is 10.3. The van der Waals surface area contributed by atoms with Crippen molar-refractivity contribution in [1.29, 1.82) is 0 Å². The van der Waals surface area contributed by atoms with Gasteiger partial charge in [-0.15, -0.1) is 0 Å². The van der Waals surface area contributed by atoms with Crippen LogP contribution in [0.1, 0.15) is 23.6 Å². The van der Waals surface area contributed by atoms with Crippen LogP contribution < -0.4 is 0 Å². The van der Waals surface area contributed by atoms with Crippen LogP contribution in [0.4, 0.5) is 8.78 Å². The van der Waals surface area contributed by atoms with E-state index in [1.165, 1.54) is 17.7 Å². The summed E-state index contributed by atoms with van der Waals surface area (Å²) in [7, 11) is 0. The molecule has 0 aliphatic carbocycles. The van der Waals surface area contributed by atoms with E-state index < -0.39 is 11.9 Å². The van der Waals surface area contributed by atoms with Gasteiger partial charge in [-0.25, -0.2) is 0 Å². The lowest BCUT2D eigenvalue weighted by molar-refractivity contribution is 0.502. The first-order chi connectivity index (χ1) is 8.69. The van der Waals surface area contributed by atoms with Gasteiger partial charge in [0, 0.05) is 5.56 Å². The quantitative estimate of drug-likeness (QED) is 0.750. The standard InChI is InChI=1S/C15H15F2N/c1-2-11-3-5-12(6-4-11)7-8-13-9-10-14(16)18-15(13)17/h3-6,9-10H,2,7-8H2,1H3. The van der Waals surface area contributed by atoms with Crippen molar-refractivity contribution in [1.82, 2.24) is 4.98 Å². The Kier molecular flexibility index (Phi) is 4.03. The van der Waals surface area contributed by atoms with E-state index in [9.17, 15) is 8.78 Å². The van der Waals surface area contributed by atoms with Crippen LogP contribution in [0.2, 0.25) is 0 Å². The van der Waals surface area contributed by atoms with Crippen molar-refractivity contribution in [3.63, 3.8) is 0 Å². The number of nitrogens with zero attached hydrogens (tertiary/aromatic N) is 1. The van der Waals surface area contributed by atoms with Gasteiger partial charge in [0.1, 0.15) is 0 Å². The molecule has 0 aliphatic heterocycles. The normalized spacial score (nSPS) is 10.6. The van der Waals surface area contributed by atoms with Crippen molar-refractivity contribution in [3.05, 3.63) is 65.0 Å². The van der Waals surface area contributed by atoms with Gasteiger partial charge >= 0.3 is 0 Å². The molecule has 0 unspecified atom stereocenters. The Morgan fingerprint density at radius 1 is 0.889 bits per heavy atom. The number of aromatic nitrogens is 1. The number of pyridine rings is 1. The van der Waals surface area contributed by atoms with Gasteiger partial charge in [-0.05, 0) is 42.5 Å². The minimum absolute atomic E-state index is 0.455. The Balaban J connectivity index is 2.02. The summed E-state index contributed by atoms with van der Waals surface area (Å²) < 4.78 is 26.0. The topological polar surface area (TPSA) is 12.9 Å². The van der Waals surface area contributed by atoms with Crippen LogP contribution in [-0.2, 0) is 19.3 Å². The van der Waals surface area contributed by atoms with E-state index in [1.807, 2.05) is 12.1 Å². The van der Waals surface area contributed by atoms with E-state index in [4.69, 9.17) is 0 Å². The molecule has 0 N–H and O–H groups in total. The highest BCUT2D eigenvalue weighted by Crippen LogP contribution is 2.11. The molecule has 1 nitrogen and oxygen atoms in total. The maximum atomic E-state index is 13.3. The zero-order valence-corrected chi connectivity index (χ0v) is 10.3. The van der Waals surface area contributed by atoms with Crippen LogP contribution in [0.15, 0.2) is 36.4 Å². The van der Waals surface area contributed by atoms with Crippen LogP contribution in [0, 0.1) is 11.9 Å². The van der Waals surface area contributed by atoms with Gasteiger partial charge < -0.3 is 0 Å². The van der Waals surface area contributed by atoms with Crippen LogP contribution in [0.25, 0.3) is 0 Å². The molecule has 2 aromatic rings. The first kappa shape index (κ1) is 12.7. The average Bonchev–Trinajstić information content (AvgIpc) is 2.38. The molecule has 0 spiro atoms. The van der Waals surface area contributed by atoms with Crippen molar-refractivity contribution in [3.8, 4) is 0 Å². The molecule has 1 heterocycles. The maximum Gasteiger partial charge on any atom is 0.218 e. The van der Waals surface area contributed by atoms with E-state index in [2.05, 4.69) is 24.0 Å². The third-order valence-corrected chi connectivity index (χ3v) is 3.01. The number of hydrogen-bond donors (Lipinski definition) is 0. The second-order valence-electron chi connectivity index (χ2n) is 4.25. The van der Waals surface area contributed by atoms with Gasteiger partial charge in [0.15, 0.2) is 0 Å². The molecule has 0 saturated heterocycles. The number of benzene rings is 1. The van der Waals surface area contributed by atoms with Crippen molar-refractivity contribution in [2.75, 3.05) is 0 Å². The number of halogens is 2. The summed E-state index contributed by atoms with van der Waals surface area (Å²) in [5, 5.41) is 0. The minimum Gasteiger partial charge on any atom is -0.190 e. The van der Waals surface area contributed by atoms with Crippen molar-refractivity contribution in [2.45, 2.75) is 26.2 Å². The monoisotopic (exact) mass is 247 g/mol. The second kappa shape index (κ2) is 5.71. The molecule has 0 atom stereocenters. The van der Waals surface area contributed by atoms with Crippen LogP contribution in [0.3, 0.4) is 0 Å². The summed E-state index contributed by atoms with van der Waals surface area (Å²) in [5.41, 5.74) is 2.89. The molecule has 18 heavy (non-hydrogen) atoms. The van der Waals surface area contributed by atoms with E-state index in [-0.39, 0.29) is 0 Å². The second-order valence-corrected chi connectivity index (χ2v) is 4.25. The van der Waals surface area contributed by atoms with Crippen molar-refractivity contribution >= 4 is 0 Å². The van der Waals surface area contributed by atoms with Gasteiger partial charge in [-0.3, -0.25) is 0 Å². The maximum absolute atomic E-state index is 13.3. The van der Waals surface area contributed by atoms with Gasteiger partial charge in [0.05, 0.1) is 0 Å². The fraction of sp³-hybridized carbons (Fsp3) is 0.267. The Labute approximate surface area is 105 Å². The molecule has 2 rings (SSSR count). The summed E-state index contributed by atoms with van der Waals surface area (Å²) in [4.78, 5) is 3.18. The SMILES string of the molecule is CCc1ccc(CCc2ccc(F)nc2F)cc1. The lowest BCUT2D eigenvalue weighted by Crippen LogP contribution is -1.99. The number of rotatable bonds is 4. The Morgan fingerprint density at radius 3 is 2.17 bits per heavy atom. The average molecular weight is 247 g/mol. The molecule has 94 valence electrons. The molecule has 0 bridgehead atoms. The largest absolute Gasteiger partial charge is 0.218 e. The highest BCUT2D eigenvalue weighted by molar-refractivity contribution is 5.24. The lowest BCUT2D eigenvalue weighted by atomic mass is 10.0.